The van der Waals surface area contributed by atoms with Gasteiger partial charge >= 0.3 is 5.97 Å². The quantitative estimate of drug-likeness (QED) is 0.815. The van der Waals surface area contributed by atoms with E-state index < -0.39 is 5.97 Å². The minimum atomic E-state index is -0.941. The zero-order valence-electron chi connectivity index (χ0n) is 8.82. The van der Waals surface area contributed by atoms with Gasteiger partial charge in [-0.2, -0.15) is 12.6 Å². The largest absolute Gasteiger partial charge is 0.478 e. The highest BCUT2D eigenvalue weighted by molar-refractivity contribution is 7.80. The lowest BCUT2D eigenvalue weighted by atomic mass is 10.1. The standard InChI is InChI=1S/C12H10N2O2S/c15-12(16)9-4-2-8(3-5-9)10(17)11-13-6-1-7-14-11/h1-7,10,17H,(H,15,16). The van der Waals surface area contributed by atoms with Gasteiger partial charge in [0.2, 0.25) is 0 Å². The predicted octanol–water partition coefficient (Wildman–Crippen LogP) is 2.19. The number of nitrogens with zero attached hydrogens (tertiary/aromatic N) is 2. The van der Waals surface area contributed by atoms with Gasteiger partial charge in [0.1, 0.15) is 5.82 Å². The minimum absolute atomic E-state index is 0.251. The van der Waals surface area contributed by atoms with Gasteiger partial charge < -0.3 is 5.11 Å². The molecule has 0 aliphatic carbocycles. The van der Waals surface area contributed by atoms with E-state index in [1.54, 1.807) is 42.7 Å². The molecular weight excluding hydrogens is 236 g/mol. The van der Waals surface area contributed by atoms with Crippen molar-refractivity contribution in [3.8, 4) is 0 Å². The maximum absolute atomic E-state index is 10.7. The van der Waals surface area contributed by atoms with Crippen LogP contribution in [0.3, 0.4) is 0 Å². The number of rotatable bonds is 3. The summed E-state index contributed by atoms with van der Waals surface area (Å²) in [4.78, 5) is 18.9. The molecule has 2 rings (SSSR count). The monoisotopic (exact) mass is 246 g/mol. The topological polar surface area (TPSA) is 63.1 Å². The van der Waals surface area contributed by atoms with Crippen LogP contribution in [-0.2, 0) is 0 Å². The van der Waals surface area contributed by atoms with E-state index in [0.717, 1.165) is 5.56 Å². The summed E-state index contributed by atoms with van der Waals surface area (Å²) in [5.74, 6) is -0.345. The highest BCUT2D eigenvalue weighted by Gasteiger charge is 2.12. The first-order valence-electron chi connectivity index (χ1n) is 4.96. The van der Waals surface area contributed by atoms with E-state index in [4.69, 9.17) is 5.11 Å². The highest BCUT2D eigenvalue weighted by Crippen LogP contribution is 2.25. The molecule has 1 atom stereocenters. The molecule has 0 amide bonds. The molecule has 0 aliphatic rings. The summed E-state index contributed by atoms with van der Waals surface area (Å²) < 4.78 is 0. The molecule has 1 aromatic heterocycles. The molecule has 1 heterocycles. The molecule has 17 heavy (non-hydrogen) atoms. The zero-order valence-corrected chi connectivity index (χ0v) is 9.71. The van der Waals surface area contributed by atoms with Crippen LogP contribution in [0.4, 0.5) is 0 Å². The first kappa shape index (κ1) is 11.6. The Hall–Kier alpha value is -1.88. The normalized spacial score (nSPS) is 12.1. The fourth-order valence-corrected chi connectivity index (χ4v) is 1.71. The molecule has 2 aromatic rings. The second-order valence-corrected chi connectivity index (χ2v) is 3.95. The minimum Gasteiger partial charge on any atom is -0.478 e. The summed E-state index contributed by atoms with van der Waals surface area (Å²) in [6.07, 6.45) is 3.30. The number of aromatic carboxylic acids is 1. The molecule has 1 aromatic carbocycles. The van der Waals surface area contributed by atoms with Crippen LogP contribution < -0.4 is 0 Å². The Kier molecular flexibility index (Phi) is 3.39. The summed E-state index contributed by atoms with van der Waals surface area (Å²) in [6, 6.07) is 8.26. The molecule has 1 unspecified atom stereocenters. The van der Waals surface area contributed by atoms with E-state index in [9.17, 15) is 4.79 Å². The summed E-state index contributed by atoms with van der Waals surface area (Å²) >= 11 is 4.42. The van der Waals surface area contributed by atoms with Crippen LogP contribution in [0, 0.1) is 0 Å². The van der Waals surface area contributed by atoms with Crippen LogP contribution in [0.5, 0.6) is 0 Å². The van der Waals surface area contributed by atoms with Crippen molar-refractivity contribution >= 4 is 18.6 Å². The number of carboxylic acid groups (broad SMARTS) is 1. The molecule has 5 heteroatoms. The number of aromatic nitrogens is 2. The van der Waals surface area contributed by atoms with Gasteiger partial charge in [-0.05, 0) is 23.8 Å². The molecule has 0 radical (unpaired) electrons. The van der Waals surface area contributed by atoms with Crippen LogP contribution >= 0.6 is 12.6 Å². The van der Waals surface area contributed by atoms with E-state index in [0.29, 0.717) is 5.82 Å². The number of thiol groups is 1. The smallest absolute Gasteiger partial charge is 0.335 e. The van der Waals surface area contributed by atoms with Crippen molar-refractivity contribution in [2.24, 2.45) is 0 Å². The summed E-state index contributed by atoms with van der Waals surface area (Å²) in [5.41, 5.74) is 1.12. The van der Waals surface area contributed by atoms with Gasteiger partial charge in [-0.1, -0.05) is 12.1 Å². The molecule has 0 fully saturated rings. The molecule has 0 saturated heterocycles. The molecule has 4 nitrogen and oxygen atoms in total. The fraction of sp³-hybridized carbons (Fsp3) is 0.0833. The van der Waals surface area contributed by atoms with Crippen molar-refractivity contribution < 1.29 is 9.90 Å². The zero-order chi connectivity index (χ0) is 12.3. The number of benzene rings is 1. The summed E-state index contributed by atoms with van der Waals surface area (Å²) in [6.45, 7) is 0. The first-order valence-corrected chi connectivity index (χ1v) is 5.48. The Morgan fingerprint density at radius 1 is 1.18 bits per heavy atom. The Labute approximate surface area is 104 Å². The Balaban J connectivity index is 2.26. The molecule has 86 valence electrons. The maximum atomic E-state index is 10.7. The molecule has 0 aliphatic heterocycles. The Morgan fingerprint density at radius 2 is 1.76 bits per heavy atom. The van der Waals surface area contributed by atoms with Gasteiger partial charge in [0, 0.05) is 12.4 Å². The first-order chi connectivity index (χ1) is 8.18. The van der Waals surface area contributed by atoms with Crippen molar-refractivity contribution in [1.29, 1.82) is 0 Å². The summed E-state index contributed by atoms with van der Waals surface area (Å²) in [5, 5.41) is 8.54. The number of carbonyl (C=O) groups is 1. The molecule has 0 saturated carbocycles. The molecule has 0 bridgehead atoms. The van der Waals surface area contributed by atoms with Crippen molar-refractivity contribution in [2.45, 2.75) is 5.25 Å². The lowest BCUT2D eigenvalue weighted by Gasteiger charge is -2.09. The van der Waals surface area contributed by atoms with Crippen LogP contribution in [0.15, 0.2) is 42.7 Å². The van der Waals surface area contributed by atoms with Gasteiger partial charge in [0.25, 0.3) is 0 Å². The molecule has 0 spiro atoms. The maximum Gasteiger partial charge on any atom is 0.335 e. The third kappa shape index (κ3) is 2.62. The van der Waals surface area contributed by atoms with Gasteiger partial charge in [0.15, 0.2) is 0 Å². The summed E-state index contributed by atoms with van der Waals surface area (Å²) in [7, 11) is 0. The number of hydrogen-bond donors (Lipinski definition) is 2. The second-order valence-electron chi connectivity index (χ2n) is 3.44. The average molecular weight is 246 g/mol. The van der Waals surface area contributed by atoms with Crippen molar-refractivity contribution in [3.05, 3.63) is 59.7 Å². The fourth-order valence-electron chi connectivity index (χ4n) is 1.41. The van der Waals surface area contributed by atoms with Crippen LogP contribution in [-0.4, -0.2) is 21.0 Å². The SMILES string of the molecule is O=C(O)c1ccc(C(S)c2ncccn2)cc1. The van der Waals surface area contributed by atoms with E-state index in [-0.39, 0.29) is 10.8 Å². The average Bonchev–Trinajstić information content (AvgIpc) is 2.39. The Bertz CT molecular complexity index is 514. The Morgan fingerprint density at radius 3 is 2.29 bits per heavy atom. The van der Waals surface area contributed by atoms with E-state index in [1.165, 1.54) is 0 Å². The number of carboxylic acids is 1. The van der Waals surface area contributed by atoms with E-state index >= 15 is 0 Å². The van der Waals surface area contributed by atoms with E-state index in [1.807, 2.05) is 0 Å². The van der Waals surface area contributed by atoms with Crippen molar-refractivity contribution in [2.75, 3.05) is 0 Å². The third-order valence-corrected chi connectivity index (χ3v) is 2.83. The van der Waals surface area contributed by atoms with Gasteiger partial charge in [-0.3, -0.25) is 0 Å². The third-order valence-electron chi connectivity index (χ3n) is 2.30. The molecular formula is C12H10N2O2S. The van der Waals surface area contributed by atoms with Gasteiger partial charge in [0.05, 0.1) is 10.8 Å². The number of hydrogen-bond acceptors (Lipinski definition) is 4. The lowest BCUT2D eigenvalue weighted by Crippen LogP contribution is -2.01. The molecule has 1 N–H and O–H groups in total. The second kappa shape index (κ2) is 4.97. The lowest BCUT2D eigenvalue weighted by molar-refractivity contribution is 0.0697. The highest BCUT2D eigenvalue weighted by atomic mass is 32.1. The van der Waals surface area contributed by atoms with Gasteiger partial charge in [-0.25, -0.2) is 14.8 Å². The van der Waals surface area contributed by atoms with Crippen LogP contribution in [0.1, 0.15) is 27.0 Å². The van der Waals surface area contributed by atoms with Gasteiger partial charge in [-0.15, -0.1) is 0 Å². The predicted molar refractivity (Wildman–Crippen MR) is 66.3 cm³/mol. The van der Waals surface area contributed by atoms with Crippen LogP contribution in [0.2, 0.25) is 0 Å². The van der Waals surface area contributed by atoms with Crippen molar-refractivity contribution in [3.63, 3.8) is 0 Å². The van der Waals surface area contributed by atoms with E-state index in [2.05, 4.69) is 22.6 Å². The van der Waals surface area contributed by atoms with Crippen LogP contribution in [0.25, 0.3) is 0 Å². The van der Waals surface area contributed by atoms with Crippen molar-refractivity contribution in [1.82, 2.24) is 9.97 Å².